The van der Waals surface area contributed by atoms with Gasteiger partial charge in [0.05, 0.1) is 4.92 Å². The number of nitrogens with two attached hydrogens (primary N) is 1. The minimum Gasteiger partial charge on any atom is -0.378 e. The van der Waals surface area contributed by atoms with Crippen LogP contribution in [0.15, 0.2) is 29.4 Å². The molecule has 2 aromatic rings. The van der Waals surface area contributed by atoms with E-state index in [4.69, 9.17) is 5.73 Å². The fourth-order valence-electron chi connectivity index (χ4n) is 3.14. The molecule has 3 rings (SSSR count). The van der Waals surface area contributed by atoms with E-state index in [2.05, 4.69) is 20.2 Å². The van der Waals surface area contributed by atoms with Gasteiger partial charge in [-0.25, -0.2) is 8.42 Å². The Balaban J connectivity index is 1.81. The number of anilines is 2. The highest BCUT2D eigenvalue weighted by atomic mass is 32.2. The Labute approximate surface area is 162 Å². The van der Waals surface area contributed by atoms with Crippen molar-refractivity contribution in [1.82, 2.24) is 14.9 Å². The van der Waals surface area contributed by atoms with Crippen LogP contribution in [-0.4, -0.2) is 47.6 Å². The quantitative estimate of drug-likeness (QED) is 0.397. The Morgan fingerprint density at radius 3 is 2.57 bits per heavy atom. The summed E-state index contributed by atoms with van der Waals surface area (Å²) >= 11 is 0. The van der Waals surface area contributed by atoms with Gasteiger partial charge in [0.1, 0.15) is 0 Å². The largest absolute Gasteiger partial charge is 0.378 e. The summed E-state index contributed by atoms with van der Waals surface area (Å²) in [7, 11) is -3.76. The minimum atomic E-state index is -3.76. The van der Waals surface area contributed by atoms with Crippen LogP contribution in [0.1, 0.15) is 24.0 Å². The molecule has 28 heavy (non-hydrogen) atoms. The van der Waals surface area contributed by atoms with E-state index in [1.165, 1.54) is 12.8 Å². The second kappa shape index (κ2) is 8.07. The van der Waals surface area contributed by atoms with Gasteiger partial charge in [-0.3, -0.25) is 15.0 Å². The van der Waals surface area contributed by atoms with Crippen LogP contribution in [0.5, 0.6) is 0 Å². The standard InChI is InChI=1S/C17H22N6O4S/c1-28(26,27)17-20-15(18)14(23(24)25)16(21-17)19-10-12-5-4-6-13(9-12)11-22-7-2-3-8-22/h4-6,9H,2-3,7-8,10-11H2,1H3,(H3,18,19,20,21). The van der Waals surface area contributed by atoms with Crippen molar-refractivity contribution < 1.29 is 13.3 Å². The van der Waals surface area contributed by atoms with Gasteiger partial charge >= 0.3 is 5.69 Å². The zero-order chi connectivity index (χ0) is 20.3. The molecule has 1 aliphatic heterocycles. The maximum Gasteiger partial charge on any atom is 0.353 e. The van der Waals surface area contributed by atoms with E-state index in [1.807, 2.05) is 24.3 Å². The third-order valence-electron chi connectivity index (χ3n) is 4.46. The maximum absolute atomic E-state index is 11.7. The third-order valence-corrected chi connectivity index (χ3v) is 5.31. The molecule has 1 aromatic carbocycles. The van der Waals surface area contributed by atoms with Crippen molar-refractivity contribution in [1.29, 1.82) is 0 Å². The van der Waals surface area contributed by atoms with Gasteiger partial charge < -0.3 is 11.1 Å². The molecule has 150 valence electrons. The molecular weight excluding hydrogens is 384 g/mol. The average Bonchev–Trinajstić information content (AvgIpc) is 3.11. The van der Waals surface area contributed by atoms with Gasteiger partial charge in [-0.15, -0.1) is 0 Å². The maximum atomic E-state index is 11.7. The van der Waals surface area contributed by atoms with Crippen molar-refractivity contribution in [2.75, 3.05) is 30.4 Å². The third kappa shape index (κ3) is 4.73. The summed E-state index contributed by atoms with van der Waals surface area (Å²) in [6.07, 6.45) is 3.34. The van der Waals surface area contributed by atoms with E-state index < -0.39 is 31.4 Å². The molecule has 0 unspecified atom stereocenters. The summed E-state index contributed by atoms with van der Waals surface area (Å²) in [6, 6.07) is 7.86. The molecule has 1 aliphatic rings. The molecule has 0 amide bonds. The normalized spacial score (nSPS) is 14.9. The van der Waals surface area contributed by atoms with E-state index in [9.17, 15) is 18.5 Å². The van der Waals surface area contributed by atoms with E-state index >= 15 is 0 Å². The number of nitro groups is 1. The Bertz CT molecular complexity index is 989. The molecule has 0 aliphatic carbocycles. The number of benzene rings is 1. The van der Waals surface area contributed by atoms with Crippen molar-refractivity contribution >= 4 is 27.2 Å². The molecule has 1 fully saturated rings. The Morgan fingerprint density at radius 1 is 1.25 bits per heavy atom. The topological polar surface area (TPSA) is 144 Å². The summed E-state index contributed by atoms with van der Waals surface area (Å²) in [5.74, 6) is -0.714. The van der Waals surface area contributed by atoms with Gasteiger partial charge in [0, 0.05) is 19.3 Å². The van der Waals surface area contributed by atoms with Crippen LogP contribution >= 0.6 is 0 Å². The highest BCUT2D eigenvalue weighted by molar-refractivity contribution is 7.90. The molecule has 0 radical (unpaired) electrons. The molecule has 10 nitrogen and oxygen atoms in total. The van der Waals surface area contributed by atoms with E-state index in [0.717, 1.165) is 37.0 Å². The van der Waals surface area contributed by atoms with E-state index in [0.29, 0.717) is 0 Å². The second-order valence-electron chi connectivity index (χ2n) is 6.77. The molecule has 0 spiro atoms. The molecule has 2 heterocycles. The number of hydrogen-bond donors (Lipinski definition) is 2. The molecule has 0 bridgehead atoms. The Morgan fingerprint density at radius 2 is 1.93 bits per heavy atom. The summed E-state index contributed by atoms with van der Waals surface area (Å²) in [6.45, 7) is 3.26. The molecular formula is C17H22N6O4S. The van der Waals surface area contributed by atoms with Crippen molar-refractivity contribution in [3.8, 4) is 0 Å². The predicted molar refractivity (Wildman–Crippen MR) is 104 cm³/mol. The van der Waals surface area contributed by atoms with Crippen molar-refractivity contribution in [2.24, 2.45) is 0 Å². The first-order valence-electron chi connectivity index (χ1n) is 8.80. The molecule has 3 N–H and O–H groups in total. The highest BCUT2D eigenvalue weighted by Crippen LogP contribution is 2.29. The lowest BCUT2D eigenvalue weighted by molar-refractivity contribution is -0.383. The summed E-state index contributed by atoms with van der Waals surface area (Å²) in [5, 5.41) is 13.6. The van der Waals surface area contributed by atoms with Crippen molar-refractivity contribution in [2.45, 2.75) is 31.1 Å². The lowest BCUT2D eigenvalue weighted by Gasteiger charge is -2.15. The lowest BCUT2D eigenvalue weighted by atomic mass is 10.1. The van der Waals surface area contributed by atoms with Crippen molar-refractivity contribution in [3.05, 3.63) is 45.5 Å². The number of likely N-dealkylation sites (tertiary alicyclic amines) is 1. The van der Waals surface area contributed by atoms with Crippen LogP contribution in [0.25, 0.3) is 0 Å². The van der Waals surface area contributed by atoms with Gasteiger partial charge in [0.25, 0.3) is 5.16 Å². The molecule has 0 atom stereocenters. The minimum absolute atomic E-state index is 0.220. The highest BCUT2D eigenvalue weighted by Gasteiger charge is 2.26. The summed E-state index contributed by atoms with van der Waals surface area (Å²) in [4.78, 5) is 20.3. The number of sulfone groups is 1. The lowest BCUT2D eigenvalue weighted by Crippen LogP contribution is -2.18. The molecule has 1 saturated heterocycles. The Hall–Kier alpha value is -2.79. The van der Waals surface area contributed by atoms with Gasteiger partial charge in [0.15, 0.2) is 0 Å². The fraction of sp³-hybridized carbons (Fsp3) is 0.412. The van der Waals surface area contributed by atoms with Gasteiger partial charge in [0.2, 0.25) is 21.5 Å². The Kier molecular flexibility index (Phi) is 5.75. The zero-order valence-electron chi connectivity index (χ0n) is 15.5. The van der Waals surface area contributed by atoms with Gasteiger partial charge in [-0.05, 0) is 37.1 Å². The second-order valence-corrected chi connectivity index (χ2v) is 8.68. The molecule has 0 saturated carbocycles. The van der Waals surface area contributed by atoms with Crippen LogP contribution in [0.2, 0.25) is 0 Å². The number of nitrogens with zero attached hydrogens (tertiary/aromatic N) is 4. The first kappa shape index (κ1) is 20.0. The number of nitrogens with one attached hydrogen (secondary N) is 1. The number of nitrogen functional groups attached to an aromatic ring is 1. The predicted octanol–water partition coefficient (Wildman–Crippen LogP) is 1.58. The first-order chi connectivity index (χ1) is 13.2. The smallest absolute Gasteiger partial charge is 0.353 e. The SMILES string of the molecule is CS(=O)(=O)c1nc(N)c([N+](=O)[O-])c(NCc2cccc(CN3CCCC3)c2)n1. The van der Waals surface area contributed by atoms with Crippen LogP contribution in [-0.2, 0) is 22.9 Å². The average molecular weight is 406 g/mol. The van der Waals surface area contributed by atoms with Crippen LogP contribution in [0, 0.1) is 10.1 Å². The van der Waals surface area contributed by atoms with Gasteiger partial charge in [-0.1, -0.05) is 24.3 Å². The first-order valence-corrected chi connectivity index (χ1v) is 10.7. The number of aromatic nitrogens is 2. The van der Waals surface area contributed by atoms with Gasteiger partial charge in [-0.2, -0.15) is 9.97 Å². The number of hydrogen-bond acceptors (Lipinski definition) is 9. The van der Waals surface area contributed by atoms with Crippen LogP contribution in [0.3, 0.4) is 0 Å². The molecule has 1 aromatic heterocycles. The zero-order valence-corrected chi connectivity index (χ0v) is 16.3. The monoisotopic (exact) mass is 406 g/mol. The molecule has 11 heteroatoms. The summed E-state index contributed by atoms with van der Waals surface area (Å²) in [5.41, 5.74) is 7.10. The fourth-order valence-corrected chi connectivity index (χ4v) is 3.66. The summed E-state index contributed by atoms with van der Waals surface area (Å²) < 4.78 is 23.4. The van der Waals surface area contributed by atoms with Crippen LogP contribution < -0.4 is 11.1 Å². The van der Waals surface area contributed by atoms with Crippen molar-refractivity contribution in [3.63, 3.8) is 0 Å². The number of rotatable bonds is 7. The van der Waals surface area contributed by atoms with E-state index in [-0.39, 0.29) is 12.4 Å². The van der Waals surface area contributed by atoms with Crippen LogP contribution in [0.4, 0.5) is 17.3 Å². The van der Waals surface area contributed by atoms with E-state index in [1.54, 1.807) is 0 Å².